The Morgan fingerprint density at radius 3 is 2.94 bits per heavy atom. The van der Waals surface area contributed by atoms with Gasteiger partial charge in [0.1, 0.15) is 5.69 Å². The maximum atomic E-state index is 8.63. The maximum Gasteiger partial charge on any atom is 0.188 e. The molecule has 0 radical (unpaired) electrons. The van der Waals surface area contributed by atoms with E-state index in [1.165, 1.54) is 12.8 Å². The molecule has 0 aromatic carbocycles. The lowest BCUT2D eigenvalue weighted by atomic mass is 10.1. The van der Waals surface area contributed by atoms with E-state index in [4.69, 9.17) is 10.9 Å². The van der Waals surface area contributed by atoms with E-state index >= 15 is 0 Å². The fraction of sp³-hybridized carbons (Fsp3) is 0.500. The summed E-state index contributed by atoms with van der Waals surface area (Å²) in [6.45, 7) is 2.22. The van der Waals surface area contributed by atoms with Gasteiger partial charge in [-0.3, -0.25) is 4.98 Å². The minimum absolute atomic E-state index is 0.0410. The predicted molar refractivity (Wildman–Crippen MR) is 67.3 cm³/mol. The summed E-state index contributed by atoms with van der Waals surface area (Å²) in [4.78, 5) is 6.29. The summed E-state index contributed by atoms with van der Waals surface area (Å²) in [5.74, 6) is 0.833. The van der Waals surface area contributed by atoms with Crippen LogP contribution in [0.15, 0.2) is 23.5 Å². The molecule has 2 rings (SSSR count). The molecule has 1 aliphatic carbocycles. The number of nitrogens with two attached hydrogens (primary N) is 1. The molecule has 1 aliphatic rings. The number of oxime groups is 1. The molecule has 0 amide bonds. The van der Waals surface area contributed by atoms with Gasteiger partial charge in [0.2, 0.25) is 0 Å². The zero-order valence-corrected chi connectivity index (χ0v) is 10.2. The molecule has 0 bridgehead atoms. The van der Waals surface area contributed by atoms with E-state index in [0.717, 1.165) is 11.6 Å². The molecule has 3 N–H and O–H groups in total. The van der Waals surface area contributed by atoms with Crippen molar-refractivity contribution in [3.63, 3.8) is 0 Å². The van der Waals surface area contributed by atoms with E-state index in [1.54, 1.807) is 6.20 Å². The number of hydrogen-bond acceptors (Lipinski definition) is 4. The highest BCUT2D eigenvalue weighted by Crippen LogP contribution is 2.36. The monoisotopic (exact) mass is 234 g/mol. The molecule has 1 heterocycles. The van der Waals surface area contributed by atoms with Crippen LogP contribution in [-0.2, 0) is 0 Å². The number of amidine groups is 1. The smallest absolute Gasteiger partial charge is 0.188 e. The van der Waals surface area contributed by atoms with Gasteiger partial charge in [0, 0.05) is 25.0 Å². The van der Waals surface area contributed by atoms with Crippen molar-refractivity contribution < 1.29 is 5.21 Å². The van der Waals surface area contributed by atoms with Crippen molar-refractivity contribution in [2.45, 2.75) is 25.8 Å². The summed E-state index contributed by atoms with van der Waals surface area (Å²) in [5.41, 5.74) is 7.07. The van der Waals surface area contributed by atoms with Crippen LogP contribution in [0.4, 0.5) is 5.69 Å². The van der Waals surface area contributed by atoms with Crippen LogP contribution >= 0.6 is 0 Å². The standard InChI is InChI=1S/C12H18N4O/c1-8(9-3-4-9)16(2)10-5-6-14-11(7-10)12(13)15-17/h5-9,17H,3-4H2,1-2H3,(H2,13,15). The molecule has 5 nitrogen and oxygen atoms in total. The normalized spacial score (nSPS) is 17.9. The zero-order valence-electron chi connectivity index (χ0n) is 10.2. The van der Waals surface area contributed by atoms with Crippen LogP contribution in [-0.4, -0.2) is 29.1 Å². The van der Waals surface area contributed by atoms with Crippen LogP contribution in [0.2, 0.25) is 0 Å². The van der Waals surface area contributed by atoms with Gasteiger partial charge < -0.3 is 15.8 Å². The maximum absolute atomic E-state index is 8.63. The van der Waals surface area contributed by atoms with E-state index < -0.39 is 0 Å². The summed E-state index contributed by atoms with van der Waals surface area (Å²) in [6.07, 6.45) is 4.30. The second-order valence-corrected chi connectivity index (χ2v) is 4.57. The van der Waals surface area contributed by atoms with Gasteiger partial charge in [-0.15, -0.1) is 0 Å². The van der Waals surface area contributed by atoms with Crippen molar-refractivity contribution in [3.8, 4) is 0 Å². The number of anilines is 1. The van der Waals surface area contributed by atoms with Crippen molar-refractivity contribution in [2.75, 3.05) is 11.9 Å². The van der Waals surface area contributed by atoms with Crippen LogP contribution in [0.3, 0.4) is 0 Å². The van der Waals surface area contributed by atoms with Crippen LogP contribution in [0.25, 0.3) is 0 Å². The van der Waals surface area contributed by atoms with Crippen LogP contribution in [0.1, 0.15) is 25.5 Å². The molecule has 5 heteroatoms. The number of hydrogen-bond donors (Lipinski definition) is 2. The van der Waals surface area contributed by atoms with Gasteiger partial charge in [-0.1, -0.05) is 5.16 Å². The zero-order chi connectivity index (χ0) is 12.4. The van der Waals surface area contributed by atoms with Gasteiger partial charge in [0.15, 0.2) is 5.84 Å². The summed E-state index contributed by atoms with van der Waals surface area (Å²) < 4.78 is 0. The summed E-state index contributed by atoms with van der Waals surface area (Å²) in [6, 6.07) is 4.29. The molecule has 17 heavy (non-hydrogen) atoms. The fourth-order valence-corrected chi connectivity index (χ4v) is 1.96. The summed E-state index contributed by atoms with van der Waals surface area (Å²) in [5, 5.41) is 11.6. The second-order valence-electron chi connectivity index (χ2n) is 4.57. The van der Waals surface area contributed by atoms with E-state index in [9.17, 15) is 0 Å². The number of nitrogens with zero attached hydrogens (tertiary/aromatic N) is 3. The predicted octanol–water partition coefficient (Wildman–Crippen LogP) is 1.41. The molecular formula is C12H18N4O. The van der Waals surface area contributed by atoms with Crippen LogP contribution in [0.5, 0.6) is 0 Å². The van der Waals surface area contributed by atoms with Crippen molar-refractivity contribution >= 4 is 11.5 Å². The first-order valence-electron chi connectivity index (χ1n) is 5.80. The minimum atomic E-state index is 0.0410. The highest BCUT2D eigenvalue weighted by atomic mass is 16.4. The molecule has 0 aliphatic heterocycles. The molecule has 1 fully saturated rings. The van der Waals surface area contributed by atoms with Crippen molar-refractivity contribution in [1.82, 2.24) is 4.98 Å². The van der Waals surface area contributed by atoms with Gasteiger partial charge in [0.05, 0.1) is 0 Å². The molecule has 1 aromatic heterocycles. The average Bonchev–Trinajstić information content (AvgIpc) is 3.20. The minimum Gasteiger partial charge on any atom is -0.409 e. The average molecular weight is 234 g/mol. The molecule has 0 saturated heterocycles. The fourth-order valence-electron chi connectivity index (χ4n) is 1.96. The Bertz CT molecular complexity index is 428. The highest BCUT2D eigenvalue weighted by Gasteiger charge is 2.30. The Balaban J connectivity index is 2.20. The Labute approximate surface area is 101 Å². The molecule has 1 aromatic rings. The first-order valence-corrected chi connectivity index (χ1v) is 5.80. The third kappa shape index (κ3) is 2.49. The third-order valence-corrected chi connectivity index (χ3v) is 3.44. The first kappa shape index (κ1) is 11.7. The largest absolute Gasteiger partial charge is 0.409 e. The van der Waals surface area contributed by atoms with Crippen molar-refractivity contribution in [1.29, 1.82) is 0 Å². The van der Waals surface area contributed by atoms with Crippen LogP contribution in [0, 0.1) is 5.92 Å². The number of rotatable bonds is 4. The van der Waals surface area contributed by atoms with E-state index in [1.807, 2.05) is 12.1 Å². The Hall–Kier alpha value is -1.78. The van der Waals surface area contributed by atoms with Gasteiger partial charge in [0.25, 0.3) is 0 Å². The lowest BCUT2D eigenvalue weighted by Gasteiger charge is -2.27. The highest BCUT2D eigenvalue weighted by molar-refractivity contribution is 5.95. The Morgan fingerprint density at radius 2 is 2.35 bits per heavy atom. The molecular weight excluding hydrogens is 216 g/mol. The summed E-state index contributed by atoms with van der Waals surface area (Å²) >= 11 is 0. The SMILES string of the molecule is CC(C1CC1)N(C)c1ccnc(C(N)=NO)c1. The van der Waals surface area contributed by atoms with Crippen LogP contribution < -0.4 is 10.6 Å². The molecule has 1 saturated carbocycles. The quantitative estimate of drug-likeness (QED) is 0.357. The van der Waals surface area contributed by atoms with E-state index in [2.05, 4.69) is 29.0 Å². The van der Waals surface area contributed by atoms with E-state index in [-0.39, 0.29) is 5.84 Å². The Kier molecular flexibility index (Phi) is 3.17. The molecule has 1 unspecified atom stereocenters. The lowest BCUT2D eigenvalue weighted by molar-refractivity contribution is 0.318. The number of pyridine rings is 1. The van der Waals surface area contributed by atoms with Gasteiger partial charge in [-0.05, 0) is 37.8 Å². The molecule has 1 atom stereocenters. The van der Waals surface area contributed by atoms with E-state index in [0.29, 0.717) is 11.7 Å². The second kappa shape index (κ2) is 4.61. The van der Waals surface area contributed by atoms with Gasteiger partial charge in [-0.2, -0.15) is 0 Å². The Morgan fingerprint density at radius 1 is 1.65 bits per heavy atom. The molecule has 0 spiro atoms. The van der Waals surface area contributed by atoms with Gasteiger partial charge in [-0.25, -0.2) is 0 Å². The molecule has 92 valence electrons. The topological polar surface area (TPSA) is 74.7 Å². The van der Waals surface area contributed by atoms with Crippen molar-refractivity contribution in [2.24, 2.45) is 16.8 Å². The number of aromatic nitrogens is 1. The van der Waals surface area contributed by atoms with Gasteiger partial charge >= 0.3 is 0 Å². The lowest BCUT2D eigenvalue weighted by Crippen LogP contribution is -2.30. The first-order chi connectivity index (χ1) is 8.13. The third-order valence-electron chi connectivity index (χ3n) is 3.44. The summed E-state index contributed by atoms with van der Waals surface area (Å²) in [7, 11) is 2.06. The van der Waals surface area contributed by atoms with Crippen molar-refractivity contribution in [3.05, 3.63) is 24.0 Å².